The highest BCUT2D eigenvalue weighted by Gasteiger charge is 2.27. The molecule has 2 aromatic rings. The minimum absolute atomic E-state index is 0.0442. The van der Waals surface area contributed by atoms with Gasteiger partial charge in [-0.1, -0.05) is 30.7 Å². The van der Waals surface area contributed by atoms with Crippen molar-refractivity contribution in [3.63, 3.8) is 0 Å². The summed E-state index contributed by atoms with van der Waals surface area (Å²) in [5, 5.41) is 0.549. The maximum Gasteiger partial charge on any atom is 0.254 e. The summed E-state index contributed by atoms with van der Waals surface area (Å²) >= 11 is 5.88. The van der Waals surface area contributed by atoms with Crippen LogP contribution in [-0.4, -0.2) is 46.9 Å². The lowest BCUT2D eigenvalue weighted by molar-refractivity contribution is 0.0645. The second-order valence-electron chi connectivity index (χ2n) is 7.82. The summed E-state index contributed by atoms with van der Waals surface area (Å²) in [6.45, 7) is 10.7. The second kappa shape index (κ2) is 10.6. The number of likely N-dealkylation sites (N-methyl/N-ethyl adjacent to an activating group) is 1. The topological polar surface area (TPSA) is 64.0 Å². The van der Waals surface area contributed by atoms with Gasteiger partial charge in [0.15, 0.2) is 5.90 Å². The molecule has 0 aliphatic carbocycles. The molecule has 0 N–H and O–H groups in total. The highest BCUT2D eigenvalue weighted by Crippen LogP contribution is 2.30. The van der Waals surface area contributed by atoms with E-state index in [4.69, 9.17) is 21.1 Å². The fourth-order valence-corrected chi connectivity index (χ4v) is 3.85. The van der Waals surface area contributed by atoms with Crippen LogP contribution in [0.3, 0.4) is 0 Å². The first-order valence-electron chi connectivity index (χ1n) is 10.9. The van der Waals surface area contributed by atoms with Crippen molar-refractivity contribution in [3.05, 3.63) is 64.3 Å². The van der Waals surface area contributed by atoms with Crippen LogP contribution in [0, 0.1) is 6.92 Å². The van der Waals surface area contributed by atoms with Crippen LogP contribution in [-0.2, 0) is 4.74 Å². The van der Waals surface area contributed by atoms with Crippen molar-refractivity contribution in [3.8, 4) is 5.88 Å². The van der Waals surface area contributed by atoms with E-state index in [0.717, 1.165) is 17.5 Å². The average molecular weight is 456 g/mol. The molecule has 2 atom stereocenters. The zero-order valence-corrected chi connectivity index (χ0v) is 20.0. The van der Waals surface area contributed by atoms with E-state index in [0.29, 0.717) is 41.3 Å². The van der Waals surface area contributed by atoms with E-state index >= 15 is 0 Å². The minimum Gasteiger partial charge on any atom is -0.475 e. The van der Waals surface area contributed by atoms with E-state index in [-0.39, 0.29) is 18.0 Å². The molecule has 6 nitrogen and oxygen atoms in total. The number of carbonyl (C=O) groups excluding carboxylic acids is 1. The Morgan fingerprint density at radius 3 is 2.69 bits per heavy atom. The molecule has 1 aromatic heterocycles. The van der Waals surface area contributed by atoms with Gasteiger partial charge in [0, 0.05) is 31.3 Å². The lowest BCUT2D eigenvalue weighted by Gasteiger charge is -2.29. The number of hydrogen-bond donors (Lipinski definition) is 0. The van der Waals surface area contributed by atoms with Gasteiger partial charge in [0.05, 0.1) is 22.7 Å². The van der Waals surface area contributed by atoms with Crippen molar-refractivity contribution in [2.24, 2.45) is 4.99 Å². The number of hydrogen-bond acceptors (Lipinski definition) is 5. The summed E-state index contributed by atoms with van der Waals surface area (Å²) in [6, 6.07) is 9.08. The van der Waals surface area contributed by atoms with Crippen molar-refractivity contribution in [2.45, 2.75) is 53.1 Å². The third-order valence-electron chi connectivity index (χ3n) is 5.42. The predicted octanol–water partition coefficient (Wildman–Crippen LogP) is 5.54. The first-order chi connectivity index (χ1) is 15.3. The molecule has 7 heteroatoms. The van der Waals surface area contributed by atoms with Gasteiger partial charge in [0.1, 0.15) is 12.4 Å². The molecule has 1 aliphatic heterocycles. The monoisotopic (exact) mass is 455 g/mol. The maximum absolute atomic E-state index is 13.6. The first-order valence-corrected chi connectivity index (χ1v) is 11.3. The summed E-state index contributed by atoms with van der Waals surface area (Å²) in [4.78, 5) is 24.1. The number of nitrogens with zero attached hydrogens (tertiary/aromatic N) is 3. The number of aryl methyl sites for hydroxylation is 1. The number of ether oxygens (including phenoxy) is 2. The van der Waals surface area contributed by atoms with Gasteiger partial charge in [-0.2, -0.15) is 0 Å². The van der Waals surface area contributed by atoms with Crippen LogP contribution < -0.4 is 4.74 Å². The molecule has 1 aliphatic rings. The van der Waals surface area contributed by atoms with Gasteiger partial charge in [-0.15, -0.1) is 0 Å². The SMILES string of the molecule is CCC1C=C(c2c(C)cccc2C(=O)N(CC)C(C)COc2ccc(Cl)cn2)OC(C)=N1. The lowest BCUT2D eigenvalue weighted by Crippen LogP contribution is -2.42. The number of rotatable bonds is 8. The Morgan fingerprint density at radius 1 is 1.25 bits per heavy atom. The quantitative estimate of drug-likeness (QED) is 0.524. The first kappa shape index (κ1) is 23.8. The number of carbonyl (C=O) groups is 1. The van der Waals surface area contributed by atoms with Crippen LogP contribution in [0.15, 0.2) is 47.6 Å². The van der Waals surface area contributed by atoms with Crippen LogP contribution in [0.5, 0.6) is 5.88 Å². The molecule has 170 valence electrons. The van der Waals surface area contributed by atoms with E-state index in [1.165, 1.54) is 6.20 Å². The summed E-state index contributed by atoms with van der Waals surface area (Å²) in [7, 11) is 0. The lowest BCUT2D eigenvalue weighted by atomic mass is 9.97. The van der Waals surface area contributed by atoms with Crippen LogP contribution in [0.2, 0.25) is 5.02 Å². The molecular weight excluding hydrogens is 426 g/mol. The maximum atomic E-state index is 13.6. The molecule has 0 fully saturated rings. The molecule has 1 amide bonds. The Kier molecular flexibility index (Phi) is 7.91. The van der Waals surface area contributed by atoms with E-state index < -0.39 is 0 Å². The zero-order valence-electron chi connectivity index (χ0n) is 19.3. The Morgan fingerprint density at radius 2 is 2.03 bits per heavy atom. The minimum atomic E-state index is -0.161. The summed E-state index contributed by atoms with van der Waals surface area (Å²) in [5.74, 6) is 1.71. The van der Waals surface area contributed by atoms with Crippen molar-refractivity contribution in [1.82, 2.24) is 9.88 Å². The van der Waals surface area contributed by atoms with E-state index in [1.54, 1.807) is 17.0 Å². The highest BCUT2D eigenvalue weighted by atomic mass is 35.5. The molecule has 1 aromatic carbocycles. The van der Waals surface area contributed by atoms with Gasteiger partial charge >= 0.3 is 0 Å². The van der Waals surface area contributed by atoms with Crippen LogP contribution in [0.1, 0.15) is 55.6 Å². The molecule has 2 heterocycles. The van der Waals surface area contributed by atoms with Crippen molar-refractivity contribution in [2.75, 3.05) is 13.2 Å². The van der Waals surface area contributed by atoms with E-state index in [2.05, 4.69) is 16.9 Å². The van der Waals surface area contributed by atoms with Gasteiger partial charge in [-0.05, 0) is 51.0 Å². The number of halogens is 1. The molecule has 3 rings (SSSR count). The zero-order chi connectivity index (χ0) is 23.3. The average Bonchev–Trinajstić information content (AvgIpc) is 2.78. The number of aliphatic imine (C=N–C) groups is 1. The number of amides is 1. The summed E-state index contributed by atoms with van der Waals surface area (Å²) < 4.78 is 11.8. The third-order valence-corrected chi connectivity index (χ3v) is 5.65. The highest BCUT2D eigenvalue weighted by molar-refractivity contribution is 6.30. The van der Waals surface area contributed by atoms with Gasteiger partial charge in [0.2, 0.25) is 5.88 Å². The van der Waals surface area contributed by atoms with Crippen LogP contribution in [0.25, 0.3) is 5.76 Å². The molecule has 0 spiro atoms. The largest absolute Gasteiger partial charge is 0.475 e. The summed E-state index contributed by atoms with van der Waals surface area (Å²) in [5.41, 5.74) is 2.41. The normalized spacial score (nSPS) is 16.5. The molecule has 2 unspecified atom stereocenters. The van der Waals surface area contributed by atoms with Gasteiger partial charge in [0.25, 0.3) is 5.91 Å². The Labute approximate surface area is 194 Å². The van der Waals surface area contributed by atoms with E-state index in [9.17, 15) is 4.79 Å². The van der Waals surface area contributed by atoms with Crippen molar-refractivity contribution < 1.29 is 14.3 Å². The van der Waals surface area contributed by atoms with Gasteiger partial charge in [-0.25, -0.2) is 9.98 Å². The smallest absolute Gasteiger partial charge is 0.254 e. The van der Waals surface area contributed by atoms with Crippen LogP contribution >= 0.6 is 11.6 Å². The number of pyridine rings is 1. The Hall–Kier alpha value is -2.86. The molecule has 0 radical (unpaired) electrons. The van der Waals surface area contributed by atoms with Gasteiger partial charge < -0.3 is 14.4 Å². The third kappa shape index (κ3) is 5.49. The molecule has 0 bridgehead atoms. The van der Waals surface area contributed by atoms with Crippen molar-refractivity contribution >= 4 is 29.2 Å². The molecule has 0 saturated carbocycles. The molecule has 0 saturated heterocycles. The fourth-order valence-electron chi connectivity index (χ4n) is 3.74. The predicted molar refractivity (Wildman–Crippen MR) is 128 cm³/mol. The van der Waals surface area contributed by atoms with Gasteiger partial charge in [-0.3, -0.25) is 4.79 Å². The molecule has 32 heavy (non-hydrogen) atoms. The summed E-state index contributed by atoms with van der Waals surface area (Å²) in [6.07, 6.45) is 4.41. The number of benzene rings is 1. The number of aromatic nitrogens is 1. The fraction of sp³-hybridized carbons (Fsp3) is 0.400. The van der Waals surface area contributed by atoms with Crippen LogP contribution in [0.4, 0.5) is 0 Å². The standard InChI is InChI=1S/C25H30ClN3O3/c1-6-20-13-22(32-18(5)28-20)24-16(3)9-8-10-21(24)25(30)29(7-2)17(4)15-31-23-12-11-19(26)14-27-23/h8-14,17,20H,6-7,15H2,1-5H3. The molecular formula is C25H30ClN3O3. The second-order valence-corrected chi connectivity index (χ2v) is 8.26. The Balaban J connectivity index is 1.84. The van der Waals surface area contributed by atoms with Crippen molar-refractivity contribution in [1.29, 1.82) is 0 Å². The Bertz CT molecular complexity index is 1020. The van der Waals surface area contributed by atoms with E-state index in [1.807, 2.05) is 52.0 Å².